The molecule has 3 rings (SSSR count). The maximum atomic E-state index is 4.06. The zero-order chi connectivity index (χ0) is 13.6. The van der Waals surface area contributed by atoms with Gasteiger partial charge in [0.15, 0.2) is 5.82 Å². The molecule has 0 amide bonds. The third-order valence-electron chi connectivity index (χ3n) is 2.99. The Hall–Kier alpha value is -2.53. The van der Waals surface area contributed by atoms with Crippen LogP contribution in [0.4, 0.5) is 0 Å². The lowest BCUT2D eigenvalue weighted by Crippen LogP contribution is -2.16. The predicted octanol–water partition coefficient (Wildman–Crippen LogP) is 1.95. The second-order valence-corrected chi connectivity index (χ2v) is 4.43. The molecule has 0 saturated heterocycles. The molecule has 0 saturated carbocycles. The van der Waals surface area contributed by atoms with Crippen molar-refractivity contribution in [1.82, 2.24) is 25.5 Å². The van der Waals surface area contributed by atoms with Gasteiger partial charge in [-0.15, -0.1) is 5.10 Å². The largest absolute Gasteiger partial charge is 0.306 e. The number of aromatic nitrogens is 4. The van der Waals surface area contributed by atoms with Crippen LogP contribution in [-0.2, 0) is 13.1 Å². The third-order valence-corrected chi connectivity index (χ3v) is 2.99. The van der Waals surface area contributed by atoms with E-state index in [1.165, 1.54) is 5.56 Å². The third kappa shape index (κ3) is 2.89. The zero-order valence-electron chi connectivity index (χ0n) is 11.0. The fourth-order valence-corrected chi connectivity index (χ4v) is 2.00. The molecule has 0 aliphatic heterocycles. The minimum atomic E-state index is 0.622. The van der Waals surface area contributed by atoms with Crippen molar-refractivity contribution in [3.8, 4) is 5.69 Å². The Labute approximate surface area is 117 Å². The van der Waals surface area contributed by atoms with E-state index in [1.54, 1.807) is 4.68 Å². The summed E-state index contributed by atoms with van der Waals surface area (Å²) in [6, 6.07) is 20.1. The van der Waals surface area contributed by atoms with Gasteiger partial charge in [-0.1, -0.05) is 48.5 Å². The van der Waals surface area contributed by atoms with Crippen LogP contribution in [0.3, 0.4) is 0 Å². The number of tetrazole rings is 1. The number of hydrogen-bond acceptors (Lipinski definition) is 4. The molecule has 0 fully saturated rings. The molecule has 0 aliphatic rings. The first-order valence-electron chi connectivity index (χ1n) is 6.51. The van der Waals surface area contributed by atoms with Crippen LogP contribution >= 0.6 is 0 Å². The van der Waals surface area contributed by atoms with E-state index in [-0.39, 0.29) is 0 Å². The van der Waals surface area contributed by atoms with Crippen LogP contribution in [0.25, 0.3) is 5.69 Å². The quantitative estimate of drug-likeness (QED) is 0.766. The van der Waals surface area contributed by atoms with E-state index in [9.17, 15) is 0 Å². The molecule has 1 N–H and O–H groups in total. The summed E-state index contributed by atoms with van der Waals surface area (Å²) in [4.78, 5) is 0. The molecular formula is C15H15N5. The number of nitrogens with one attached hydrogen (secondary N) is 1. The Morgan fingerprint density at radius 3 is 2.30 bits per heavy atom. The molecule has 5 heteroatoms. The van der Waals surface area contributed by atoms with E-state index in [0.717, 1.165) is 18.1 Å². The molecule has 0 radical (unpaired) electrons. The SMILES string of the molecule is c1ccc(CNCc2nnnn2-c2ccccc2)cc1. The zero-order valence-corrected chi connectivity index (χ0v) is 11.0. The van der Waals surface area contributed by atoms with Crippen LogP contribution in [0.5, 0.6) is 0 Å². The lowest BCUT2D eigenvalue weighted by atomic mass is 10.2. The molecule has 5 nitrogen and oxygen atoms in total. The molecule has 2 aromatic carbocycles. The van der Waals surface area contributed by atoms with Gasteiger partial charge in [0.25, 0.3) is 0 Å². The van der Waals surface area contributed by atoms with Gasteiger partial charge in [-0.05, 0) is 28.1 Å². The molecule has 3 aromatic rings. The molecule has 20 heavy (non-hydrogen) atoms. The van der Waals surface area contributed by atoms with Gasteiger partial charge in [0.1, 0.15) is 0 Å². The van der Waals surface area contributed by atoms with E-state index in [0.29, 0.717) is 6.54 Å². The number of benzene rings is 2. The van der Waals surface area contributed by atoms with Crippen molar-refractivity contribution in [2.75, 3.05) is 0 Å². The van der Waals surface area contributed by atoms with E-state index < -0.39 is 0 Å². The summed E-state index contributed by atoms with van der Waals surface area (Å²) in [7, 11) is 0. The summed E-state index contributed by atoms with van der Waals surface area (Å²) >= 11 is 0. The number of para-hydroxylation sites is 1. The summed E-state index contributed by atoms with van der Waals surface area (Å²) in [5.41, 5.74) is 2.21. The fourth-order valence-electron chi connectivity index (χ4n) is 2.00. The summed E-state index contributed by atoms with van der Waals surface area (Å²) in [6.45, 7) is 1.42. The number of hydrogen-bond donors (Lipinski definition) is 1. The summed E-state index contributed by atoms with van der Waals surface area (Å²) in [6.07, 6.45) is 0. The monoisotopic (exact) mass is 265 g/mol. The second-order valence-electron chi connectivity index (χ2n) is 4.43. The maximum Gasteiger partial charge on any atom is 0.170 e. The first-order chi connectivity index (χ1) is 9.93. The van der Waals surface area contributed by atoms with Crippen molar-refractivity contribution < 1.29 is 0 Å². The molecule has 1 aromatic heterocycles. The van der Waals surface area contributed by atoms with Gasteiger partial charge in [0, 0.05) is 6.54 Å². The fraction of sp³-hybridized carbons (Fsp3) is 0.133. The normalized spacial score (nSPS) is 10.6. The Balaban J connectivity index is 1.66. The van der Waals surface area contributed by atoms with Crippen LogP contribution in [0.2, 0.25) is 0 Å². The van der Waals surface area contributed by atoms with Crippen molar-refractivity contribution in [3.63, 3.8) is 0 Å². The maximum absolute atomic E-state index is 4.06. The topological polar surface area (TPSA) is 55.6 Å². The Morgan fingerprint density at radius 2 is 1.55 bits per heavy atom. The molecule has 0 bridgehead atoms. The van der Waals surface area contributed by atoms with Gasteiger partial charge in [0.2, 0.25) is 0 Å². The first-order valence-corrected chi connectivity index (χ1v) is 6.51. The lowest BCUT2D eigenvalue weighted by molar-refractivity contribution is 0.641. The van der Waals surface area contributed by atoms with Crippen molar-refractivity contribution in [1.29, 1.82) is 0 Å². The highest BCUT2D eigenvalue weighted by atomic mass is 15.5. The van der Waals surface area contributed by atoms with Crippen molar-refractivity contribution >= 4 is 0 Å². The van der Waals surface area contributed by atoms with Crippen LogP contribution in [0, 0.1) is 0 Å². The minimum Gasteiger partial charge on any atom is -0.306 e. The van der Waals surface area contributed by atoms with Crippen molar-refractivity contribution in [3.05, 3.63) is 72.1 Å². The summed E-state index contributed by atoms with van der Waals surface area (Å²) in [5, 5.41) is 15.2. The number of rotatable bonds is 5. The first kappa shape index (κ1) is 12.5. The Morgan fingerprint density at radius 1 is 0.850 bits per heavy atom. The van der Waals surface area contributed by atoms with Gasteiger partial charge in [0.05, 0.1) is 12.2 Å². The van der Waals surface area contributed by atoms with Gasteiger partial charge in [-0.2, -0.15) is 4.68 Å². The molecule has 0 unspecified atom stereocenters. The van der Waals surface area contributed by atoms with Crippen molar-refractivity contribution in [2.24, 2.45) is 0 Å². The van der Waals surface area contributed by atoms with Gasteiger partial charge in [-0.25, -0.2) is 0 Å². The Kier molecular flexibility index (Phi) is 3.80. The molecule has 0 spiro atoms. The van der Waals surface area contributed by atoms with Crippen LogP contribution in [0.15, 0.2) is 60.7 Å². The molecular weight excluding hydrogens is 250 g/mol. The van der Waals surface area contributed by atoms with Gasteiger partial charge in [-0.3, -0.25) is 0 Å². The highest BCUT2D eigenvalue weighted by Crippen LogP contribution is 2.07. The standard InChI is InChI=1S/C15H15N5/c1-3-7-13(8-4-1)11-16-12-15-17-18-19-20(15)14-9-5-2-6-10-14/h1-10,16H,11-12H2. The van der Waals surface area contributed by atoms with Crippen molar-refractivity contribution in [2.45, 2.75) is 13.1 Å². The van der Waals surface area contributed by atoms with E-state index in [1.807, 2.05) is 48.5 Å². The smallest absolute Gasteiger partial charge is 0.170 e. The van der Waals surface area contributed by atoms with E-state index in [2.05, 4.69) is 33.0 Å². The summed E-state index contributed by atoms with van der Waals surface area (Å²) in [5.74, 6) is 0.798. The average Bonchev–Trinajstić information content (AvgIpc) is 2.98. The minimum absolute atomic E-state index is 0.622. The summed E-state index contributed by atoms with van der Waals surface area (Å²) < 4.78 is 1.75. The van der Waals surface area contributed by atoms with Crippen LogP contribution in [-0.4, -0.2) is 20.2 Å². The highest BCUT2D eigenvalue weighted by molar-refractivity contribution is 5.30. The van der Waals surface area contributed by atoms with Crippen LogP contribution in [0.1, 0.15) is 11.4 Å². The molecule has 0 atom stereocenters. The van der Waals surface area contributed by atoms with E-state index in [4.69, 9.17) is 0 Å². The molecule has 0 aliphatic carbocycles. The number of nitrogens with zero attached hydrogens (tertiary/aromatic N) is 4. The Bertz CT molecular complexity index is 648. The van der Waals surface area contributed by atoms with Gasteiger partial charge >= 0.3 is 0 Å². The predicted molar refractivity (Wildman–Crippen MR) is 76.1 cm³/mol. The van der Waals surface area contributed by atoms with Gasteiger partial charge < -0.3 is 5.32 Å². The van der Waals surface area contributed by atoms with E-state index >= 15 is 0 Å². The second kappa shape index (κ2) is 6.08. The van der Waals surface area contributed by atoms with Crippen LogP contribution < -0.4 is 5.32 Å². The molecule has 1 heterocycles. The molecule has 100 valence electrons. The lowest BCUT2D eigenvalue weighted by Gasteiger charge is -2.06. The average molecular weight is 265 g/mol. The highest BCUT2D eigenvalue weighted by Gasteiger charge is 2.06.